The van der Waals surface area contributed by atoms with E-state index in [0.29, 0.717) is 6.04 Å². The largest absolute Gasteiger partial charge is 0.309 e. The Morgan fingerprint density at radius 3 is 2.60 bits per heavy atom. The van der Waals surface area contributed by atoms with Crippen molar-refractivity contribution in [2.24, 2.45) is 0 Å². The van der Waals surface area contributed by atoms with Crippen molar-refractivity contribution in [1.29, 1.82) is 0 Å². The molecule has 0 saturated heterocycles. The monoisotopic (exact) mass is 349 g/mol. The molecule has 1 heterocycles. The molecule has 20 heavy (non-hydrogen) atoms. The lowest BCUT2D eigenvalue weighted by molar-refractivity contribution is 0.415. The lowest BCUT2D eigenvalue weighted by atomic mass is 9.77. The molecule has 1 aromatic heterocycles. The Hall–Kier alpha value is -0.640. The number of hydrogen-bond acceptors (Lipinski definition) is 2. The van der Waals surface area contributed by atoms with E-state index >= 15 is 0 Å². The summed E-state index contributed by atoms with van der Waals surface area (Å²) in [7, 11) is 2.06. The van der Waals surface area contributed by atoms with Crippen molar-refractivity contribution in [3.05, 3.63) is 55.7 Å². The Balaban J connectivity index is 2.00. The van der Waals surface area contributed by atoms with E-state index in [-0.39, 0.29) is 0 Å². The summed E-state index contributed by atoms with van der Waals surface area (Å²) in [6.07, 6.45) is 4.08. The van der Waals surface area contributed by atoms with Gasteiger partial charge in [0.1, 0.15) is 0 Å². The summed E-state index contributed by atoms with van der Waals surface area (Å²) in [4.78, 5) is 1.39. The van der Waals surface area contributed by atoms with Gasteiger partial charge >= 0.3 is 0 Å². The Morgan fingerprint density at radius 2 is 2.05 bits per heavy atom. The number of aryl methyl sites for hydroxylation is 1. The average Bonchev–Trinajstić information content (AvgIpc) is 2.70. The molecule has 1 nitrogen and oxygen atoms in total. The minimum Gasteiger partial charge on any atom is -0.309 e. The average molecular weight is 350 g/mol. The lowest BCUT2D eigenvalue weighted by Crippen LogP contribution is -2.20. The van der Waals surface area contributed by atoms with E-state index in [1.807, 2.05) is 11.3 Å². The molecule has 1 unspecified atom stereocenters. The third-order valence-corrected chi connectivity index (χ3v) is 6.50. The molecular formula is C17H20BrNS. The molecule has 0 amide bonds. The van der Waals surface area contributed by atoms with Crippen LogP contribution < -0.4 is 5.32 Å². The molecule has 0 aliphatic heterocycles. The summed E-state index contributed by atoms with van der Waals surface area (Å²) < 4.78 is 1.24. The quantitative estimate of drug-likeness (QED) is 0.779. The third-order valence-electron chi connectivity index (χ3n) is 4.30. The van der Waals surface area contributed by atoms with E-state index < -0.39 is 0 Å². The topological polar surface area (TPSA) is 12.0 Å². The zero-order chi connectivity index (χ0) is 14.1. The Bertz CT molecular complexity index is 581. The first-order valence-electron chi connectivity index (χ1n) is 7.22. The van der Waals surface area contributed by atoms with Gasteiger partial charge in [-0.05, 0) is 71.4 Å². The first-order valence-corrected chi connectivity index (χ1v) is 8.83. The van der Waals surface area contributed by atoms with Crippen LogP contribution in [0, 0.1) is 6.92 Å². The van der Waals surface area contributed by atoms with Crippen molar-refractivity contribution in [2.45, 2.75) is 38.1 Å². The predicted molar refractivity (Wildman–Crippen MR) is 90.7 cm³/mol. The second-order valence-electron chi connectivity index (χ2n) is 5.58. The van der Waals surface area contributed by atoms with Crippen LogP contribution in [0.3, 0.4) is 0 Å². The molecule has 106 valence electrons. The summed E-state index contributed by atoms with van der Waals surface area (Å²) in [6.45, 7) is 2.16. The van der Waals surface area contributed by atoms with Crippen molar-refractivity contribution in [3.63, 3.8) is 0 Å². The van der Waals surface area contributed by atoms with Gasteiger partial charge in [0.25, 0.3) is 0 Å². The molecular weight excluding hydrogens is 330 g/mol. The van der Waals surface area contributed by atoms with Crippen LogP contribution in [0.2, 0.25) is 0 Å². The minimum absolute atomic E-state index is 0.307. The van der Waals surface area contributed by atoms with E-state index in [2.05, 4.69) is 65.5 Å². The van der Waals surface area contributed by atoms with Crippen LogP contribution >= 0.6 is 27.3 Å². The molecule has 1 aromatic carbocycles. The van der Waals surface area contributed by atoms with Gasteiger partial charge in [0, 0.05) is 4.88 Å². The van der Waals surface area contributed by atoms with Crippen LogP contribution in [0.15, 0.2) is 34.1 Å². The molecule has 3 heteroatoms. The zero-order valence-corrected chi connectivity index (χ0v) is 14.4. The van der Waals surface area contributed by atoms with Gasteiger partial charge in [0.15, 0.2) is 0 Å². The maximum Gasteiger partial charge on any atom is 0.0731 e. The van der Waals surface area contributed by atoms with Crippen LogP contribution in [0.5, 0.6) is 0 Å². The molecule has 0 radical (unpaired) electrons. The number of benzene rings is 1. The van der Waals surface area contributed by atoms with Gasteiger partial charge in [-0.15, -0.1) is 11.3 Å². The van der Waals surface area contributed by atoms with E-state index in [1.165, 1.54) is 39.1 Å². The van der Waals surface area contributed by atoms with Crippen LogP contribution in [-0.2, 0) is 0 Å². The predicted octanol–water partition coefficient (Wildman–Crippen LogP) is 5.40. The molecule has 1 fully saturated rings. The molecule has 1 saturated carbocycles. The van der Waals surface area contributed by atoms with E-state index in [1.54, 1.807) is 5.56 Å². The van der Waals surface area contributed by atoms with Crippen LogP contribution in [0.4, 0.5) is 0 Å². The fourth-order valence-corrected chi connectivity index (χ4v) is 4.64. The summed E-state index contributed by atoms with van der Waals surface area (Å²) >= 11 is 5.49. The molecule has 1 N–H and O–H groups in total. The maximum atomic E-state index is 3.65. The molecule has 0 spiro atoms. The Labute approximate surface area is 133 Å². The number of hydrogen-bond donors (Lipinski definition) is 1. The second-order valence-corrected chi connectivity index (χ2v) is 7.99. The van der Waals surface area contributed by atoms with Crippen molar-refractivity contribution in [3.8, 4) is 0 Å². The summed E-state index contributed by atoms with van der Waals surface area (Å²) in [5.41, 5.74) is 4.32. The van der Waals surface area contributed by atoms with Crippen molar-refractivity contribution in [1.82, 2.24) is 5.32 Å². The third kappa shape index (κ3) is 2.59. The summed E-state index contributed by atoms with van der Waals surface area (Å²) in [5, 5.41) is 3.51. The second kappa shape index (κ2) is 6.00. The fraction of sp³-hybridized carbons (Fsp3) is 0.412. The SMILES string of the molecule is CNC(c1cc(C)c(Br)s1)c1ccccc1C1CCC1. The van der Waals surface area contributed by atoms with Gasteiger partial charge in [-0.25, -0.2) is 0 Å². The lowest BCUT2D eigenvalue weighted by Gasteiger charge is -2.30. The number of rotatable bonds is 4. The summed E-state index contributed by atoms with van der Waals surface area (Å²) in [5.74, 6) is 0.770. The van der Waals surface area contributed by atoms with Gasteiger partial charge in [0.2, 0.25) is 0 Å². The molecule has 3 rings (SSSR count). The van der Waals surface area contributed by atoms with Crippen LogP contribution in [-0.4, -0.2) is 7.05 Å². The highest BCUT2D eigenvalue weighted by atomic mass is 79.9. The minimum atomic E-state index is 0.307. The van der Waals surface area contributed by atoms with Gasteiger partial charge in [0.05, 0.1) is 9.83 Å². The highest BCUT2D eigenvalue weighted by Crippen LogP contribution is 2.42. The van der Waals surface area contributed by atoms with Crippen molar-refractivity contribution in [2.75, 3.05) is 7.05 Å². The highest BCUT2D eigenvalue weighted by Gasteiger charge is 2.25. The van der Waals surface area contributed by atoms with Gasteiger partial charge in [-0.1, -0.05) is 30.7 Å². The zero-order valence-electron chi connectivity index (χ0n) is 11.9. The summed E-state index contributed by atoms with van der Waals surface area (Å²) in [6, 6.07) is 11.6. The van der Waals surface area contributed by atoms with Crippen molar-refractivity contribution >= 4 is 27.3 Å². The maximum absolute atomic E-state index is 3.65. The molecule has 1 atom stereocenters. The van der Waals surface area contributed by atoms with Crippen LogP contribution in [0.1, 0.15) is 52.8 Å². The normalized spacial score (nSPS) is 16.9. The number of nitrogens with one attached hydrogen (secondary N) is 1. The molecule has 2 aromatic rings. The first kappa shape index (κ1) is 14.3. The molecule has 0 bridgehead atoms. The Morgan fingerprint density at radius 1 is 1.30 bits per heavy atom. The van der Waals surface area contributed by atoms with Crippen LogP contribution in [0.25, 0.3) is 0 Å². The highest BCUT2D eigenvalue weighted by molar-refractivity contribution is 9.11. The fourth-order valence-electron chi connectivity index (χ4n) is 2.94. The Kier molecular flexibility index (Phi) is 4.29. The van der Waals surface area contributed by atoms with E-state index in [9.17, 15) is 0 Å². The van der Waals surface area contributed by atoms with Gasteiger partial charge < -0.3 is 5.32 Å². The first-order chi connectivity index (χ1) is 9.70. The standard InChI is InChI=1S/C17H20BrNS/c1-11-10-15(20-17(11)18)16(19-2)14-9-4-3-8-13(14)12-6-5-7-12/h3-4,8-10,12,16,19H,5-7H2,1-2H3. The number of thiophene rings is 1. The van der Waals surface area contributed by atoms with Gasteiger partial charge in [-0.2, -0.15) is 0 Å². The van der Waals surface area contributed by atoms with Crippen molar-refractivity contribution < 1.29 is 0 Å². The van der Waals surface area contributed by atoms with E-state index in [4.69, 9.17) is 0 Å². The van der Waals surface area contributed by atoms with Gasteiger partial charge in [-0.3, -0.25) is 0 Å². The smallest absolute Gasteiger partial charge is 0.0731 e. The number of halogens is 1. The molecule has 1 aliphatic rings. The van der Waals surface area contributed by atoms with E-state index in [0.717, 1.165) is 5.92 Å². The molecule has 1 aliphatic carbocycles.